The molecule has 2 fully saturated rings. The number of fused-ring (bicyclic) bond motifs is 1. The molecule has 3 rings (SSSR count). The molecule has 3 atom stereocenters. The number of aliphatic hydroxyl groups excluding tert-OH is 1. The Bertz CT molecular complexity index is 696. The molecule has 1 aliphatic carbocycles. The lowest BCUT2D eigenvalue weighted by molar-refractivity contribution is -0.139. The molecule has 1 aromatic carbocycles. The fourth-order valence-electron chi connectivity index (χ4n) is 4.76. The molecule has 5 heteroatoms. The van der Waals surface area contributed by atoms with Gasteiger partial charge in [0.15, 0.2) is 6.61 Å². The van der Waals surface area contributed by atoms with Crippen LogP contribution in [-0.2, 0) is 16.8 Å². The molecule has 2 aliphatic rings. The van der Waals surface area contributed by atoms with Gasteiger partial charge < -0.3 is 14.9 Å². The molecular formula is C22H33NO4. The standard InChI is InChI=1S/C22H33NO4/c1-21(2,3)16-6-5-15(18(11-16)27-14-20(25)26)13-23-10-9-22(4)12-17(24)7-8-19(22)23/h5-6,11,17,19,24H,7-10,12-14H2,1-4H3,(H,25,26)/t17-,19-,22+/m1/s1. The van der Waals surface area contributed by atoms with Crippen molar-refractivity contribution in [1.29, 1.82) is 0 Å². The molecule has 27 heavy (non-hydrogen) atoms. The predicted octanol–water partition coefficient (Wildman–Crippen LogP) is 3.57. The number of hydrogen-bond donors (Lipinski definition) is 2. The Morgan fingerprint density at radius 3 is 2.74 bits per heavy atom. The molecule has 0 amide bonds. The van der Waals surface area contributed by atoms with Gasteiger partial charge in [-0.15, -0.1) is 0 Å². The van der Waals surface area contributed by atoms with Crippen molar-refractivity contribution in [2.75, 3.05) is 13.2 Å². The summed E-state index contributed by atoms with van der Waals surface area (Å²) in [7, 11) is 0. The molecular weight excluding hydrogens is 342 g/mol. The fourth-order valence-corrected chi connectivity index (χ4v) is 4.76. The van der Waals surface area contributed by atoms with E-state index in [1.54, 1.807) is 0 Å². The Labute approximate surface area is 162 Å². The summed E-state index contributed by atoms with van der Waals surface area (Å²) in [4.78, 5) is 13.5. The third kappa shape index (κ3) is 4.46. The summed E-state index contributed by atoms with van der Waals surface area (Å²) < 4.78 is 5.66. The maximum absolute atomic E-state index is 11.0. The minimum absolute atomic E-state index is 0.0222. The largest absolute Gasteiger partial charge is 0.482 e. The molecule has 1 saturated carbocycles. The Balaban J connectivity index is 1.82. The lowest BCUT2D eigenvalue weighted by Crippen LogP contribution is -2.43. The summed E-state index contributed by atoms with van der Waals surface area (Å²) in [6.45, 7) is 10.2. The number of ether oxygens (including phenoxy) is 1. The molecule has 1 aliphatic heterocycles. The van der Waals surface area contributed by atoms with E-state index in [4.69, 9.17) is 9.84 Å². The number of aliphatic carboxylic acids is 1. The number of carboxylic acids is 1. The monoisotopic (exact) mass is 375 g/mol. The van der Waals surface area contributed by atoms with E-state index in [-0.39, 0.29) is 23.5 Å². The molecule has 0 bridgehead atoms. The van der Waals surface area contributed by atoms with Gasteiger partial charge in [0.25, 0.3) is 0 Å². The first-order valence-corrected chi connectivity index (χ1v) is 9.99. The van der Waals surface area contributed by atoms with Crippen molar-refractivity contribution in [3.8, 4) is 5.75 Å². The first kappa shape index (κ1) is 20.2. The van der Waals surface area contributed by atoms with Crippen LogP contribution in [0.25, 0.3) is 0 Å². The average Bonchev–Trinajstić information content (AvgIpc) is 2.88. The van der Waals surface area contributed by atoms with Gasteiger partial charge in [0.1, 0.15) is 5.75 Å². The maximum Gasteiger partial charge on any atom is 0.341 e. The normalized spacial score (nSPS) is 28.8. The molecule has 150 valence electrons. The van der Waals surface area contributed by atoms with Crippen LogP contribution in [0.3, 0.4) is 0 Å². The smallest absolute Gasteiger partial charge is 0.341 e. The van der Waals surface area contributed by atoms with E-state index >= 15 is 0 Å². The second-order valence-corrected chi connectivity index (χ2v) is 9.58. The number of likely N-dealkylation sites (tertiary alicyclic amines) is 1. The summed E-state index contributed by atoms with van der Waals surface area (Å²) in [6, 6.07) is 6.68. The quantitative estimate of drug-likeness (QED) is 0.823. The van der Waals surface area contributed by atoms with Gasteiger partial charge in [0.2, 0.25) is 0 Å². The van der Waals surface area contributed by atoms with Gasteiger partial charge in [-0.2, -0.15) is 0 Å². The van der Waals surface area contributed by atoms with Crippen LogP contribution in [0, 0.1) is 5.41 Å². The molecule has 1 saturated heterocycles. The van der Waals surface area contributed by atoms with Crippen LogP contribution in [0.5, 0.6) is 5.75 Å². The number of nitrogens with zero attached hydrogens (tertiary/aromatic N) is 1. The lowest BCUT2D eigenvalue weighted by atomic mass is 9.71. The predicted molar refractivity (Wildman–Crippen MR) is 105 cm³/mol. The van der Waals surface area contributed by atoms with Crippen molar-refractivity contribution in [2.24, 2.45) is 5.41 Å². The Morgan fingerprint density at radius 2 is 2.07 bits per heavy atom. The topological polar surface area (TPSA) is 70.0 Å². The van der Waals surface area contributed by atoms with Gasteiger partial charge in [-0.25, -0.2) is 4.79 Å². The highest BCUT2D eigenvalue weighted by atomic mass is 16.5. The Morgan fingerprint density at radius 1 is 1.33 bits per heavy atom. The van der Waals surface area contributed by atoms with Gasteiger partial charge in [0.05, 0.1) is 6.10 Å². The van der Waals surface area contributed by atoms with Crippen LogP contribution in [0.1, 0.15) is 64.5 Å². The highest BCUT2D eigenvalue weighted by Gasteiger charge is 2.47. The molecule has 0 radical (unpaired) electrons. The van der Waals surface area contributed by atoms with Gasteiger partial charge in [-0.3, -0.25) is 4.90 Å². The molecule has 1 aromatic rings. The minimum atomic E-state index is -0.961. The zero-order valence-electron chi connectivity index (χ0n) is 17.0. The molecule has 2 N–H and O–H groups in total. The fraction of sp³-hybridized carbons (Fsp3) is 0.682. The van der Waals surface area contributed by atoms with Gasteiger partial charge in [-0.1, -0.05) is 39.8 Å². The van der Waals surface area contributed by atoms with Crippen molar-refractivity contribution in [1.82, 2.24) is 4.90 Å². The number of rotatable bonds is 5. The van der Waals surface area contributed by atoms with Crippen LogP contribution in [0.4, 0.5) is 0 Å². The second kappa shape index (κ2) is 7.44. The number of carboxylic acid groups (broad SMARTS) is 1. The molecule has 0 unspecified atom stereocenters. The zero-order valence-corrected chi connectivity index (χ0v) is 17.0. The third-order valence-corrected chi connectivity index (χ3v) is 6.35. The Kier molecular flexibility index (Phi) is 5.55. The van der Waals surface area contributed by atoms with Crippen molar-refractivity contribution >= 4 is 5.97 Å². The summed E-state index contributed by atoms with van der Waals surface area (Å²) in [5.41, 5.74) is 2.33. The van der Waals surface area contributed by atoms with Gasteiger partial charge in [0, 0.05) is 18.2 Å². The van der Waals surface area contributed by atoms with Crippen molar-refractivity contribution in [3.05, 3.63) is 29.3 Å². The first-order chi connectivity index (χ1) is 12.6. The average molecular weight is 376 g/mol. The molecule has 0 spiro atoms. The van der Waals surface area contributed by atoms with E-state index in [1.165, 1.54) is 0 Å². The zero-order chi connectivity index (χ0) is 19.8. The van der Waals surface area contributed by atoms with E-state index in [9.17, 15) is 9.90 Å². The second-order valence-electron chi connectivity index (χ2n) is 9.58. The highest BCUT2D eigenvalue weighted by Crippen LogP contribution is 2.47. The van der Waals surface area contributed by atoms with Gasteiger partial charge >= 0.3 is 5.97 Å². The van der Waals surface area contributed by atoms with E-state index in [1.807, 2.05) is 6.07 Å². The highest BCUT2D eigenvalue weighted by molar-refractivity contribution is 5.68. The summed E-state index contributed by atoms with van der Waals surface area (Å²) in [5.74, 6) is -0.286. The van der Waals surface area contributed by atoms with Crippen molar-refractivity contribution in [2.45, 2.75) is 77.5 Å². The van der Waals surface area contributed by atoms with E-state index in [0.717, 1.165) is 49.9 Å². The third-order valence-electron chi connectivity index (χ3n) is 6.35. The Hall–Kier alpha value is -1.59. The number of hydrogen-bond acceptors (Lipinski definition) is 4. The van der Waals surface area contributed by atoms with Crippen LogP contribution >= 0.6 is 0 Å². The van der Waals surface area contributed by atoms with Crippen LogP contribution < -0.4 is 4.74 Å². The summed E-state index contributed by atoms with van der Waals surface area (Å²) >= 11 is 0. The number of benzene rings is 1. The SMILES string of the molecule is CC(C)(C)c1ccc(CN2CC[C@@]3(C)C[C@H](O)CC[C@@H]23)c(OCC(=O)O)c1. The molecule has 5 nitrogen and oxygen atoms in total. The van der Waals surface area contributed by atoms with Crippen molar-refractivity contribution in [3.63, 3.8) is 0 Å². The minimum Gasteiger partial charge on any atom is -0.482 e. The summed E-state index contributed by atoms with van der Waals surface area (Å²) in [6.07, 6.45) is 3.68. The van der Waals surface area contributed by atoms with E-state index in [2.05, 4.69) is 44.7 Å². The lowest BCUT2D eigenvalue weighted by Gasteiger charge is -2.41. The first-order valence-electron chi connectivity index (χ1n) is 9.99. The van der Waals surface area contributed by atoms with Crippen LogP contribution in [0.15, 0.2) is 18.2 Å². The maximum atomic E-state index is 11.0. The van der Waals surface area contributed by atoms with E-state index < -0.39 is 5.97 Å². The van der Waals surface area contributed by atoms with Crippen LogP contribution in [-0.4, -0.2) is 46.4 Å². The van der Waals surface area contributed by atoms with Gasteiger partial charge in [-0.05, 0) is 54.7 Å². The number of carbonyl (C=O) groups is 1. The summed E-state index contributed by atoms with van der Waals surface area (Å²) in [5, 5.41) is 19.1. The molecule has 1 heterocycles. The molecule has 0 aromatic heterocycles. The number of aliphatic hydroxyl groups is 1. The van der Waals surface area contributed by atoms with Crippen molar-refractivity contribution < 1.29 is 19.7 Å². The van der Waals surface area contributed by atoms with E-state index in [0.29, 0.717) is 11.8 Å². The van der Waals surface area contributed by atoms with Crippen LogP contribution in [0.2, 0.25) is 0 Å².